The number of rotatable bonds is 4. The number of para-hydroxylation sites is 1. The maximum absolute atomic E-state index is 13.8. The summed E-state index contributed by atoms with van der Waals surface area (Å²) in [6.45, 7) is -0.822. The summed E-state index contributed by atoms with van der Waals surface area (Å²) in [6.07, 6.45) is 1.43. The van der Waals surface area contributed by atoms with E-state index in [4.69, 9.17) is 0 Å². The Morgan fingerprint density at radius 3 is 2.63 bits per heavy atom. The van der Waals surface area contributed by atoms with Gasteiger partial charge in [0.1, 0.15) is 16.5 Å². The van der Waals surface area contributed by atoms with Crippen molar-refractivity contribution in [1.82, 2.24) is 9.29 Å². The van der Waals surface area contributed by atoms with E-state index in [0.717, 1.165) is 4.31 Å². The van der Waals surface area contributed by atoms with E-state index in [1.165, 1.54) is 59.6 Å². The third-order valence-electron chi connectivity index (χ3n) is 4.51. The standard InChI is InChI=1S/C20H16F2N4O3S/c21-14-5-3-6-15(11-14)26-13-25(30(28,29)18-9-4-10-23-20(18)26)12-19(27)24-17-8-2-1-7-16(17)22/h1-11H,12-13H2,(H,24,27). The van der Waals surface area contributed by atoms with Crippen LogP contribution in [0.1, 0.15) is 0 Å². The van der Waals surface area contributed by atoms with Gasteiger partial charge in [-0.1, -0.05) is 18.2 Å². The second kappa shape index (κ2) is 7.81. The summed E-state index contributed by atoms with van der Waals surface area (Å²) < 4.78 is 54.6. The number of anilines is 3. The molecule has 0 spiro atoms. The van der Waals surface area contributed by atoms with E-state index >= 15 is 0 Å². The Morgan fingerprint density at radius 1 is 1.07 bits per heavy atom. The maximum Gasteiger partial charge on any atom is 0.248 e. The van der Waals surface area contributed by atoms with Gasteiger partial charge >= 0.3 is 0 Å². The van der Waals surface area contributed by atoms with Gasteiger partial charge in [-0.25, -0.2) is 22.2 Å². The Balaban J connectivity index is 1.67. The summed E-state index contributed by atoms with van der Waals surface area (Å²) in [7, 11) is -4.05. The van der Waals surface area contributed by atoms with E-state index in [1.807, 2.05) is 0 Å². The average molecular weight is 430 g/mol. The summed E-state index contributed by atoms with van der Waals surface area (Å²) in [5.41, 5.74) is 0.324. The first kappa shape index (κ1) is 19.9. The number of carbonyl (C=O) groups is 1. The number of halogens is 2. The van der Waals surface area contributed by atoms with Crippen LogP contribution < -0.4 is 10.2 Å². The number of nitrogens with zero attached hydrogens (tertiary/aromatic N) is 3. The van der Waals surface area contributed by atoms with E-state index in [2.05, 4.69) is 10.3 Å². The zero-order valence-electron chi connectivity index (χ0n) is 15.5. The lowest BCUT2D eigenvalue weighted by molar-refractivity contribution is -0.116. The second-order valence-corrected chi connectivity index (χ2v) is 8.42. The largest absolute Gasteiger partial charge is 0.322 e. The maximum atomic E-state index is 13.8. The van der Waals surface area contributed by atoms with E-state index < -0.39 is 34.1 Å². The molecule has 0 fully saturated rings. The Hall–Kier alpha value is -3.37. The number of aromatic nitrogens is 1. The third kappa shape index (κ3) is 3.74. The second-order valence-electron chi connectivity index (χ2n) is 6.52. The lowest BCUT2D eigenvalue weighted by Gasteiger charge is -2.36. The van der Waals surface area contributed by atoms with Gasteiger partial charge in [-0.15, -0.1) is 0 Å². The third-order valence-corrected chi connectivity index (χ3v) is 6.31. The summed E-state index contributed by atoms with van der Waals surface area (Å²) in [4.78, 5) is 18.0. The quantitative estimate of drug-likeness (QED) is 0.688. The lowest BCUT2D eigenvalue weighted by Crippen LogP contribution is -2.47. The Kier molecular flexibility index (Phi) is 5.18. The molecule has 7 nitrogen and oxygen atoms in total. The molecule has 4 rings (SSSR count). The van der Waals surface area contributed by atoms with Crippen LogP contribution in [0.5, 0.6) is 0 Å². The van der Waals surface area contributed by atoms with Gasteiger partial charge in [-0.3, -0.25) is 4.79 Å². The van der Waals surface area contributed by atoms with Crippen LogP contribution in [0.4, 0.5) is 26.0 Å². The molecule has 10 heteroatoms. The molecule has 30 heavy (non-hydrogen) atoms. The number of fused-ring (bicyclic) bond motifs is 1. The van der Waals surface area contributed by atoms with Crippen molar-refractivity contribution in [3.05, 3.63) is 78.5 Å². The van der Waals surface area contributed by atoms with E-state index in [-0.39, 0.29) is 23.1 Å². The van der Waals surface area contributed by atoms with Gasteiger partial charge in [-0.05, 0) is 42.5 Å². The summed E-state index contributed by atoms with van der Waals surface area (Å²) in [5, 5.41) is 2.37. The molecule has 1 aromatic heterocycles. The minimum absolute atomic E-state index is 0.0547. The molecule has 0 radical (unpaired) electrons. The molecule has 0 bridgehead atoms. The van der Waals surface area contributed by atoms with Crippen molar-refractivity contribution in [1.29, 1.82) is 0 Å². The fraction of sp³-hybridized carbons (Fsp3) is 0.100. The normalized spacial score (nSPS) is 15.5. The average Bonchev–Trinajstić information content (AvgIpc) is 2.72. The number of sulfonamides is 1. The van der Waals surface area contributed by atoms with Gasteiger partial charge in [0.15, 0.2) is 5.82 Å². The minimum Gasteiger partial charge on any atom is -0.322 e. The molecule has 1 aliphatic rings. The predicted molar refractivity (Wildman–Crippen MR) is 107 cm³/mol. The van der Waals surface area contributed by atoms with Gasteiger partial charge in [-0.2, -0.15) is 4.31 Å². The van der Waals surface area contributed by atoms with Crippen molar-refractivity contribution in [2.24, 2.45) is 0 Å². The van der Waals surface area contributed by atoms with Crippen LogP contribution in [0, 0.1) is 11.6 Å². The molecule has 0 aliphatic carbocycles. The van der Waals surface area contributed by atoms with Crippen LogP contribution >= 0.6 is 0 Å². The van der Waals surface area contributed by atoms with E-state index in [9.17, 15) is 22.0 Å². The van der Waals surface area contributed by atoms with Crippen LogP contribution in [0.2, 0.25) is 0 Å². The molecule has 1 aliphatic heterocycles. The highest BCUT2D eigenvalue weighted by atomic mass is 32.2. The number of pyridine rings is 1. The summed E-state index contributed by atoms with van der Waals surface area (Å²) in [6, 6.07) is 14.0. The van der Waals surface area contributed by atoms with Crippen molar-refractivity contribution >= 4 is 33.1 Å². The lowest BCUT2D eigenvalue weighted by atomic mass is 10.2. The van der Waals surface area contributed by atoms with Gasteiger partial charge in [0.25, 0.3) is 0 Å². The first-order chi connectivity index (χ1) is 14.4. The molecule has 3 aromatic rings. The minimum atomic E-state index is -4.05. The zero-order valence-corrected chi connectivity index (χ0v) is 16.3. The zero-order chi connectivity index (χ0) is 21.3. The molecule has 0 atom stereocenters. The van der Waals surface area contributed by atoms with Crippen LogP contribution in [-0.4, -0.2) is 36.8 Å². The van der Waals surface area contributed by atoms with Crippen molar-refractivity contribution in [2.75, 3.05) is 23.4 Å². The van der Waals surface area contributed by atoms with Crippen LogP contribution in [-0.2, 0) is 14.8 Å². The van der Waals surface area contributed by atoms with Crippen molar-refractivity contribution < 1.29 is 22.0 Å². The van der Waals surface area contributed by atoms with Crippen molar-refractivity contribution in [2.45, 2.75) is 4.90 Å². The van der Waals surface area contributed by atoms with Gasteiger partial charge in [0.05, 0.1) is 18.9 Å². The van der Waals surface area contributed by atoms with Gasteiger partial charge < -0.3 is 10.2 Å². The molecular formula is C20H16F2N4O3S. The molecular weight excluding hydrogens is 414 g/mol. The van der Waals surface area contributed by atoms with Crippen molar-refractivity contribution in [3.63, 3.8) is 0 Å². The van der Waals surface area contributed by atoms with E-state index in [0.29, 0.717) is 5.69 Å². The smallest absolute Gasteiger partial charge is 0.248 e. The fourth-order valence-corrected chi connectivity index (χ4v) is 4.60. The summed E-state index contributed by atoms with van der Waals surface area (Å²) in [5.74, 6) is -1.71. The Bertz CT molecular complexity index is 1220. The van der Waals surface area contributed by atoms with Crippen LogP contribution in [0.3, 0.4) is 0 Å². The highest BCUT2D eigenvalue weighted by Gasteiger charge is 2.38. The monoisotopic (exact) mass is 430 g/mol. The Morgan fingerprint density at radius 2 is 1.87 bits per heavy atom. The molecule has 2 aromatic carbocycles. The number of carbonyl (C=O) groups excluding carboxylic acids is 1. The van der Waals surface area contributed by atoms with Crippen molar-refractivity contribution in [3.8, 4) is 0 Å². The highest BCUT2D eigenvalue weighted by molar-refractivity contribution is 7.89. The molecule has 1 amide bonds. The number of hydrogen-bond acceptors (Lipinski definition) is 5. The Labute approximate surface area is 171 Å². The van der Waals surface area contributed by atoms with Gasteiger partial charge in [0.2, 0.25) is 15.9 Å². The number of amides is 1. The fourth-order valence-electron chi connectivity index (χ4n) is 3.12. The van der Waals surface area contributed by atoms with Gasteiger partial charge in [0, 0.05) is 11.9 Å². The molecule has 154 valence electrons. The highest BCUT2D eigenvalue weighted by Crippen LogP contribution is 2.36. The molecule has 0 saturated carbocycles. The number of nitrogens with one attached hydrogen (secondary N) is 1. The first-order valence-corrected chi connectivity index (χ1v) is 10.3. The predicted octanol–water partition coefficient (Wildman–Crippen LogP) is 3.10. The summed E-state index contributed by atoms with van der Waals surface area (Å²) >= 11 is 0. The number of hydrogen-bond donors (Lipinski definition) is 1. The van der Waals surface area contributed by atoms with Crippen LogP contribution in [0.15, 0.2) is 71.8 Å². The van der Waals surface area contributed by atoms with E-state index in [1.54, 1.807) is 12.1 Å². The SMILES string of the molecule is O=C(CN1CN(c2cccc(F)c2)c2ncccc2S1(=O)=O)Nc1ccccc1F. The first-order valence-electron chi connectivity index (χ1n) is 8.89. The molecule has 0 unspecified atom stereocenters. The molecule has 2 heterocycles. The van der Waals surface area contributed by atoms with Crippen LogP contribution in [0.25, 0.3) is 0 Å². The topological polar surface area (TPSA) is 82.6 Å². The molecule has 0 saturated heterocycles. The number of benzene rings is 2. The molecule has 1 N–H and O–H groups in total.